The molecule has 0 bridgehead atoms. The van der Waals surface area contributed by atoms with Crippen LogP contribution < -0.4 is 0 Å². The first kappa shape index (κ1) is 13.2. The molecular formula is C15H19NOS. The van der Waals surface area contributed by atoms with Crippen LogP contribution in [0.15, 0.2) is 29.6 Å². The quantitative estimate of drug-likeness (QED) is 0.824. The molecule has 0 saturated heterocycles. The van der Waals surface area contributed by atoms with E-state index in [1.807, 2.05) is 0 Å². The molecule has 0 unspecified atom stereocenters. The topological polar surface area (TPSA) is 22.1 Å². The molecule has 0 atom stereocenters. The number of rotatable bonds is 3. The molecule has 0 N–H and O–H groups in total. The molecule has 96 valence electrons. The first-order valence-electron chi connectivity index (χ1n) is 6.05. The number of ether oxygens (including phenoxy) is 1. The molecule has 0 aliphatic heterocycles. The highest BCUT2D eigenvalue weighted by molar-refractivity contribution is 7.09. The molecule has 0 fully saturated rings. The molecule has 1 aromatic heterocycles. The molecule has 2 rings (SSSR count). The number of hydrogen-bond donors (Lipinski definition) is 0. The van der Waals surface area contributed by atoms with Crippen LogP contribution in [0.4, 0.5) is 0 Å². The van der Waals surface area contributed by atoms with E-state index in [1.54, 1.807) is 18.4 Å². The van der Waals surface area contributed by atoms with Gasteiger partial charge in [-0.2, -0.15) is 0 Å². The minimum absolute atomic E-state index is 0.196. The Bertz CT molecular complexity index is 508. The number of benzene rings is 1. The average molecular weight is 261 g/mol. The van der Waals surface area contributed by atoms with E-state index in [2.05, 4.69) is 55.4 Å². The largest absolute Gasteiger partial charge is 0.378 e. The zero-order chi connectivity index (χ0) is 13.2. The highest BCUT2D eigenvalue weighted by Crippen LogP contribution is 2.27. The summed E-state index contributed by atoms with van der Waals surface area (Å²) in [5.74, 6) is 0. The van der Waals surface area contributed by atoms with Crippen LogP contribution in [0.25, 0.3) is 11.3 Å². The Hall–Kier alpha value is -1.19. The number of thiazole rings is 1. The molecule has 0 saturated carbocycles. The Kier molecular flexibility index (Phi) is 3.83. The van der Waals surface area contributed by atoms with E-state index in [-0.39, 0.29) is 5.41 Å². The lowest BCUT2D eigenvalue weighted by molar-refractivity contribution is 0.184. The van der Waals surface area contributed by atoms with E-state index in [9.17, 15) is 0 Å². The molecule has 3 heteroatoms. The summed E-state index contributed by atoms with van der Waals surface area (Å²) in [5.41, 5.74) is 3.75. The summed E-state index contributed by atoms with van der Waals surface area (Å²) >= 11 is 1.64. The fourth-order valence-corrected chi connectivity index (χ4v) is 2.55. The van der Waals surface area contributed by atoms with Gasteiger partial charge >= 0.3 is 0 Å². The van der Waals surface area contributed by atoms with Crippen LogP contribution in [0.3, 0.4) is 0 Å². The molecule has 2 nitrogen and oxygen atoms in total. The number of methoxy groups -OCH3 is 1. The second-order valence-electron chi connectivity index (χ2n) is 5.39. The van der Waals surface area contributed by atoms with E-state index in [0.29, 0.717) is 6.61 Å². The zero-order valence-electron chi connectivity index (χ0n) is 11.4. The minimum Gasteiger partial charge on any atom is -0.378 e. The van der Waals surface area contributed by atoms with Gasteiger partial charge in [0, 0.05) is 18.1 Å². The predicted octanol–water partition coefficient (Wildman–Crippen LogP) is 4.25. The lowest BCUT2D eigenvalue weighted by Gasteiger charge is -2.18. The fraction of sp³-hybridized carbons (Fsp3) is 0.400. The van der Waals surface area contributed by atoms with E-state index >= 15 is 0 Å². The van der Waals surface area contributed by atoms with Crippen molar-refractivity contribution in [1.82, 2.24) is 4.98 Å². The zero-order valence-corrected chi connectivity index (χ0v) is 12.2. The Morgan fingerprint density at radius 3 is 2.39 bits per heavy atom. The Morgan fingerprint density at radius 1 is 1.17 bits per heavy atom. The van der Waals surface area contributed by atoms with Gasteiger partial charge in [-0.3, -0.25) is 0 Å². The molecule has 0 amide bonds. The van der Waals surface area contributed by atoms with Gasteiger partial charge < -0.3 is 4.74 Å². The van der Waals surface area contributed by atoms with Crippen molar-refractivity contribution >= 4 is 11.3 Å². The average Bonchev–Trinajstić information content (AvgIpc) is 2.77. The molecular weight excluding hydrogens is 242 g/mol. The SMILES string of the molecule is COCc1nc(-c2ccc(C(C)(C)C)cc2)cs1. The Morgan fingerprint density at radius 2 is 1.83 bits per heavy atom. The van der Waals surface area contributed by atoms with Crippen molar-refractivity contribution in [1.29, 1.82) is 0 Å². The van der Waals surface area contributed by atoms with Crippen LogP contribution in [-0.2, 0) is 16.8 Å². The summed E-state index contributed by atoms with van der Waals surface area (Å²) in [7, 11) is 1.69. The lowest BCUT2D eigenvalue weighted by atomic mass is 9.86. The monoisotopic (exact) mass is 261 g/mol. The minimum atomic E-state index is 0.196. The maximum absolute atomic E-state index is 5.09. The summed E-state index contributed by atoms with van der Waals surface area (Å²) in [6.45, 7) is 7.26. The summed E-state index contributed by atoms with van der Waals surface area (Å²) in [5, 5.41) is 3.10. The van der Waals surface area contributed by atoms with Gasteiger partial charge in [-0.15, -0.1) is 11.3 Å². The number of aromatic nitrogens is 1. The summed E-state index contributed by atoms with van der Waals surface area (Å²) in [6.07, 6.45) is 0. The molecule has 1 heterocycles. The van der Waals surface area contributed by atoms with Crippen LogP contribution in [0, 0.1) is 0 Å². The standard InChI is InChI=1S/C15H19NOS/c1-15(2,3)12-7-5-11(6-8-12)13-10-18-14(16-13)9-17-4/h5-8,10H,9H2,1-4H3. The molecule has 0 spiro atoms. The van der Waals surface area contributed by atoms with Crippen LogP contribution in [0.5, 0.6) is 0 Å². The first-order chi connectivity index (χ1) is 8.50. The van der Waals surface area contributed by atoms with E-state index in [0.717, 1.165) is 10.7 Å². The van der Waals surface area contributed by atoms with Crippen molar-refractivity contribution in [3.05, 3.63) is 40.2 Å². The van der Waals surface area contributed by atoms with E-state index < -0.39 is 0 Å². The van der Waals surface area contributed by atoms with Crippen LogP contribution >= 0.6 is 11.3 Å². The normalized spacial score (nSPS) is 11.8. The molecule has 0 aliphatic rings. The van der Waals surface area contributed by atoms with Crippen LogP contribution in [0.2, 0.25) is 0 Å². The van der Waals surface area contributed by atoms with Gasteiger partial charge in [-0.05, 0) is 11.0 Å². The second-order valence-corrected chi connectivity index (χ2v) is 6.33. The third-order valence-corrected chi connectivity index (χ3v) is 3.69. The maximum atomic E-state index is 5.09. The summed E-state index contributed by atoms with van der Waals surface area (Å²) in [6, 6.07) is 8.66. The van der Waals surface area contributed by atoms with Gasteiger partial charge in [-0.25, -0.2) is 4.98 Å². The van der Waals surface area contributed by atoms with Crippen molar-refractivity contribution in [3.63, 3.8) is 0 Å². The molecule has 18 heavy (non-hydrogen) atoms. The van der Waals surface area contributed by atoms with Gasteiger partial charge in [0.05, 0.1) is 12.3 Å². The third kappa shape index (κ3) is 2.98. The summed E-state index contributed by atoms with van der Waals surface area (Å²) in [4.78, 5) is 4.56. The van der Waals surface area contributed by atoms with Gasteiger partial charge in [0.25, 0.3) is 0 Å². The van der Waals surface area contributed by atoms with Gasteiger partial charge in [0.15, 0.2) is 0 Å². The second kappa shape index (κ2) is 5.21. The van der Waals surface area contributed by atoms with Crippen molar-refractivity contribution in [2.45, 2.75) is 32.8 Å². The Balaban J connectivity index is 2.23. The highest BCUT2D eigenvalue weighted by atomic mass is 32.1. The molecule has 1 aromatic carbocycles. The van der Waals surface area contributed by atoms with Crippen LogP contribution in [0.1, 0.15) is 31.3 Å². The van der Waals surface area contributed by atoms with Crippen molar-refractivity contribution in [2.24, 2.45) is 0 Å². The number of nitrogens with zero attached hydrogens (tertiary/aromatic N) is 1. The maximum Gasteiger partial charge on any atom is 0.119 e. The predicted molar refractivity (Wildman–Crippen MR) is 77.0 cm³/mol. The highest BCUT2D eigenvalue weighted by Gasteiger charge is 2.13. The third-order valence-electron chi connectivity index (χ3n) is 2.87. The van der Waals surface area contributed by atoms with E-state index in [4.69, 9.17) is 4.74 Å². The lowest BCUT2D eigenvalue weighted by Crippen LogP contribution is -2.10. The van der Waals surface area contributed by atoms with Crippen molar-refractivity contribution in [3.8, 4) is 11.3 Å². The van der Waals surface area contributed by atoms with E-state index in [1.165, 1.54) is 11.1 Å². The van der Waals surface area contributed by atoms with Gasteiger partial charge in [0.1, 0.15) is 5.01 Å². The molecule has 2 aromatic rings. The molecule has 0 aliphatic carbocycles. The summed E-state index contributed by atoms with van der Waals surface area (Å²) < 4.78 is 5.09. The van der Waals surface area contributed by atoms with Crippen LogP contribution in [-0.4, -0.2) is 12.1 Å². The van der Waals surface area contributed by atoms with Crippen molar-refractivity contribution < 1.29 is 4.74 Å². The molecule has 0 radical (unpaired) electrons. The van der Waals surface area contributed by atoms with Crippen molar-refractivity contribution in [2.75, 3.05) is 7.11 Å². The number of hydrogen-bond acceptors (Lipinski definition) is 3. The van der Waals surface area contributed by atoms with Gasteiger partial charge in [-0.1, -0.05) is 45.0 Å². The Labute approximate surface area is 113 Å². The smallest absolute Gasteiger partial charge is 0.119 e. The van der Waals surface area contributed by atoms with Gasteiger partial charge in [0.2, 0.25) is 0 Å². The fourth-order valence-electron chi connectivity index (χ4n) is 1.77. The first-order valence-corrected chi connectivity index (χ1v) is 6.93.